The van der Waals surface area contributed by atoms with Gasteiger partial charge in [-0.2, -0.15) is 26.3 Å². The zero-order chi connectivity index (χ0) is 35.8. The van der Waals surface area contributed by atoms with Gasteiger partial charge in [0.25, 0.3) is 0 Å². The molecule has 0 saturated carbocycles. The van der Waals surface area contributed by atoms with Gasteiger partial charge < -0.3 is 26.2 Å². The number of aromatic nitrogens is 2. The second-order valence-electron chi connectivity index (χ2n) is 12.2. The second-order valence-corrected chi connectivity index (χ2v) is 12.2. The first-order chi connectivity index (χ1) is 23.9. The number of urea groups is 1. The first-order valence-corrected chi connectivity index (χ1v) is 16.1. The standard InChI is InChI=1S/C18H17F3N4O.C16H14F3N3.CH5N/c1-22-17(26)25-13-7-8-24(10-13)15-6-5-14(23-16(15)25)11-3-2-4-12(9-11)18(19,20)21;17-16(18,19)11-3-1-2-10(8-11)13-4-5-14-15(21-13)20-12-6-7-22(14)9-12;1-2/h2-6,9,13H,7-8,10H2,1H3,(H,22,26);1-5,8,12H,6-7,9H2,(H,20,21);2H2,1H3/t13-;12-;/m00./s1. The molecule has 9 nitrogen and oxygen atoms in total. The quantitative estimate of drug-likeness (QED) is 0.197. The van der Waals surface area contributed by atoms with Crippen molar-refractivity contribution >= 4 is 29.0 Å². The molecule has 2 saturated heterocycles. The second kappa shape index (κ2) is 13.7. The molecule has 8 rings (SSSR count). The van der Waals surface area contributed by atoms with Gasteiger partial charge in [-0.3, -0.25) is 4.90 Å². The fourth-order valence-electron chi connectivity index (χ4n) is 6.73. The number of rotatable bonds is 2. The lowest BCUT2D eigenvalue weighted by atomic mass is 10.1. The highest BCUT2D eigenvalue weighted by Gasteiger charge is 2.40. The molecular formula is C35H36F6N8O. The number of fused-ring (bicyclic) bond motifs is 8. The molecule has 6 heterocycles. The Balaban J connectivity index is 0.000000167. The third kappa shape index (κ3) is 6.86. The number of nitrogens with zero attached hydrogens (tertiary/aromatic N) is 5. The van der Waals surface area contributed by atoms with E-state index in [2.05, 4.69) is 36.1 Å². The van der Waals surface area contributed by atoms with Gasteiger partial charge in [0.05, 0.1) is 39.9 Å². The van der Waals surface area contributed by atoms with Crippen molar-refractivity contribution in [2.24, 2.45) is 5.73 Å². The first kappa shape index (κ1) is 34.8. The van der Waals surface area contributed by atoms with Crippen LogP contribution in [0.25, 0.3) is 22.5 Å². The number of hydrogen-bond donors (Lipinski definition) is 3. The highest BCUT2D eigenvalue weighted by molar-refractivity contribution is 5.97. The first-order valence-electron chi connectivity index (χ1n) is 16.1. The van der Waals surface area contributed by atoms with E-state index in [4.69, 9.17) is 0 Å². The van der Waals surface area contributed by atoms with E-state index < -0.39 is 23.5 Å². The van der Waals surface area contributed by atoms with Gasteiger partial charge in [-0.25, -0.2) is 14.8 Å². The van der Waals surface area contributed by atoms with Crippen LogP contribution in [-0.2, 0) is 12.4 Å². The molecule has 4 N–H and O–H groups in total. The third-order valence-corrected chi connectivity index (χ3v) is 9.10. The van der Waals surface area contributed by atoms with Crippen molar-refractivity contribution in [2.45, 2.75) is 37.3 Å². The Bertz CT molecular complexity index is 1870. The Morgan fingerprint density at radius 2 is 1.34 bits per heavy atom. The Hall–Kier alpha value is -5.05. The lowest BCUT2D eigenvalue weighted by Gasteiger charge is -2.35. The number of amides is 2. The number of carbonyl (C=O) groups is 1. The summed E-state index contributed by atoms with van der Waals surface area (Å²) in [7, 11) is 3.06. The molecule has 4 aliphatic rings. The average molecular weight is 699 g/mol. The van der Waals surface area contributed by atoms with Gasteiger partial charge in [0, 0.05) is 50.4 Å². The number of hydrogen-bond acceptors (Lipinski definition) is 7. The van der Waals surface area contributed by atoms with Crippen molar-refractivity contribution < 1.29 is 31.1 Å². The molecule has 0 aliphatic carbocycles. The van der Waals surface area contributed by atoms with Crippen molar-refractivity contribution in [2.75, 3.05) is 60.3 Å². The van der Waals surface area contributed by atoms with E-state index in [9.17, 15) is 31.1 Å². The van der Waals surface area contributed by atoms with Crippen molar-refractivity contribution in [1.82, 2.24) is 15.3 Å². The molecule has 264 valence electrons. The predicted molar refractivity (Wildman–Crippen MR) is 181 cm³/mol. The van der Waals surface area contributed by atoms with Crippen LogP contribution < -0.4 is 31.1 Å². The maximum Gasteiger partial charge on any atom is 0.416 e. The average Bonchev–Trinajstić information content (AvgIpc) is 3.72. The summed E-state index contributed by atoms with van der Waals surface area (Å²) in [5.74, 6) is 1.26. The number of anilines is 4. The van der Waals surface area contributed by atoms with Crippen LogP contribution in [0.15, 0.2) is 72.8 Å². The van der Waals surface area contributed by atoms with Crippen LogP contribution in [0.1, 0.15) is 24.0 Å². The smallest absolute Gasteiger partial charge is 0.366 e. The van der Waals surface area contributed by atoms with E-state index in [1.807, 2.05) is 12.1 Å². The molecule has 2 aromatic carbocycles. The van der Waals surface area contributed by atoms with E-state index in [1.165, 1.54) is 19.2 Å². The van der Waals surface area contributed by atoms with E-state index in [1.54, 1.807) is 36.2 Å². The zero-order valence-electron chi connectivity index (χ0n) is 27.3. The summed E-state index contributed by atoms with van der Waals surface area (Å²) in [5, 5.41) is 5.99. The lowest BCUT2D eigenvalue weighted by molar-refractivity contribution is -0.138. The minimum Gasteiger partial charge on any atom is -0.366 e. The maximum atomic E-state index is 13.0. The van der Waals surface area contributed by atoms with E-state index in [-0.39, 0.29) is 12.1 Å². The molecule has 50 heavy (non-hydrogen) atoms. The third-order valence-electron chi connectivity index (χ3n) is 9.10. The molecule has 0 spiro atoms. The fourth-order valence-corrected chi connectivity index (χ4v) is 6.73. The van der Waals surface area contributed by atoms with Crippen LogP contribution in [0.3, 0.4) is 0 Å². The lowest BCUT2D eigenvalue weighted by Crippen LogP contribution is -2.49. The molecule has 2 atom stereocenters. The van der Waals surface area contributed by atoms with E-state index in [0.717, 1.165) is 80.5 Å². The van der Waals surface area contributed by atoms with Crippen LogP contribution in [0, 0.1) is 0 Å². The Labute approximate surface area is 285 Å². The topological polar surface area (TPSA) is 103 Å². The van der Waals surface area contributed by atoms with E-state index >= 15 is 0 Å². The van der Waals surface area contributed by atoms with E-state index in [0.29, 0.717) is 34.4 Å². The normalized spacial score (nSPS) is 18.5. The summed E-state index contributed by atoms with van der Waals surface area (Å²) in [5.41, 5.74) is 6.80. The van der Waals surface area contributed by atoms with Gasteiger partial charge in [-0.15, -0.1) is 0 Å². The number of nitrogens with two attached hydrogens (primary N) is 1. The highest BCUT2D eigenvalue weighted by atomic mass is 19.4. The summed E-state index contributed by atoms with van der Waals surface area (Å²) in [6.07, 6.45) is -6.85. The molecule has 4 aliphatic heterocycles. The Morgan fingerprint density at radius 1 is 0.780 bits per heavy atom. The number of benzene rings is 2. The molecule has 2 aromatic heterocycles. The largest absolute Gasteiger partial charge is 0.416 e. The molecule has 15 heteroatoms. The Kier molecular flexibility index (Phi) is 9.53. The summed E-state index contributed by atoms with van der Waals surface area (Å²) >= 11 is 0. The maximum absolute atomic E-state index is 13.0. The number of carbonyl (C=O) groups excluding carboxylic acids is 1. The number of alkyl halides is 6. The zero-order valence-corrected chi connectivity index (χ0v) is 27.3. The monoisotopic (exact) mass is 698 g/mol. The predicted octanol–water partition coefficient (Wildman–Crippen LogP) is 6.85. The molecule has 0 radical (unpaired) electrons. The molecule has 4 bridgehead atoms. The van der Waals surface area contributed by atoms with Crippen LogP contribution >= 0.6 is 0 Å². The SMILES string of the molecule is CN.CNC(=O)N1c2nc(-c3cccc(C(F)(F)F)c3)ccc2N2CC[C@H]1C2.FC(F)(F)c1cccc(-c2ccc3c(n2)N[C@H]2CCN3C2)c1. The summed E-state index contributed by atoms with van der Waals surface area (Å²) in [4.78, 5) is 27.5. The Morgan fingerprint density at radius 3 is 1.94 bits per heavy atom. The summed E-state index contributed by atoms with van der Waals surface area (Å²) in [6.45, 7) is 3.54. The van der Waals surface area contributed by atoms with Crippen molar-refractivity contribution in [3.8, 4) is 22.5 Å². The summed E-state index contributed by atoms with van der Waals surface area (Å²) in [6, 6.07) is 17.8. The van der Waals surface area contributed by atoms with Gasteiger partial charge in [0.15, 0.2) is 11.6 Å². The van der Waals surface area contributed by atoms with Crippen molar-refractivity contribution in [3.63, 3.8) is 0 Å². The minimum atomic E-state index is -4.41. The van der Waals surface area contributed by atoms with Gasteiger partial charge in [0.1, 0.15) is 0 Å². The van der Waals surface area contributed by atoms with Crippen molar-refractivity contribution in [3.05, 3.63) is 83.9 Å². The van der Waals surface area contributed by atoms with Crippen LogP contribution in [0.2, 0.25) is 0 Å². The van der Waals surface area contributed by atoms with Gasteiger partial charge in [0.2, 0.25) is 0 Å². The molecule has 2 fully saturated rings. The molecule has 4 aromatic rings. The fraction of sp³-hybridized carbons (Fsp3) is 0.343. The highest BCUT2D eigenvalue weighted by Crippen LogP contribution is 2.41. The van der Waals surface area contributed by atoms with Crippen molar-refractivity contribution in [1.29, 1.82) is 0 Å². The number of pyridine rings is 2. The molecule has 0 unspecified atom stereocenters. The minimum absolute atomic E-state index is 0.0201. The van der Waals surface area contributed by atoms with Crippen LogP contribution in [0.5, 0.6) is 0 Å². The number of halogens is 6. The molecule has 2 amide bonds. The number of nitrogens with one attached hydrogen (secondary N) is 2. The van der Waals surface area contributed by atoms with Crippen LogP contribution in [-0.4, -0.2) is 68.4 Å². The van der Waals surface area contributed by atoms with Gasteiger partial charge in [-0.05, 0) is 68.4 Å². The molecular weight excluding hydrogens is 662 g/mol. The van der Waals surface area contributed by atoms with Crippen LogP contribution in [0.4, 0.5) is 54.1 Å². The summed E-state index contributed by atoms with van der Waals surface area (Å²) < 4.78 is 77.5. The van der Waals surface area contributed by atoms with Gasteiger partial charge >= 0.3 is 18.4 Å². The van der Waals surface area contributed by atoms with Gasteiger partial charge in [-0.1, -0.05) is 24.3 Å².